The summed E-state index contributed by atoms with van der Waals surface area (Å²) in [7, 11) is 4.60. The highest BCUT2D eigenvalue weighted by Crippen LogP contribution is 2.38. The van der Waals surface area contributed by atoms with Gasteiger partial charge in [0.25, 0.3) is 0 Å². The van der Waals surface area contributed by atoms with Gasteiger partial charge in [-0.2, -0.15) is 0 Å². The zero-order valence-corrected chi connectivity index (χ0v) is 26.9. The Kier molecular flexibility index (Phi) is 22.1. The van der Waals surface area contributed by atoms with Gasteiger partial charge < -0.3 is 28.5 Å². The molecule has 0 aliphatic heterocycles. The first-order valence-corrected chi connectivity index (χ1v) is 17.0. The first-order valence-electron chi connectivity index (χ1n) is 15.3. The molecule has 1 unspecified atom stereocenters. The standard InChI is InChI=1S/C29H60N3O6P/c1-7-8-9-10-11-12-13-14-15-16-17-18-19-20-23-37-26-27(28(33)31(3)29(34)30-2)21-25-39(35,36)38-24-22-32(4,5)6/h27H,7-26H2,1-6H3,(H-,30,34,35,36)/t27-/m0/s1. The number of carbonyl (C=O) groups excluding carboxylic acids is 2. The lowest BCUT2D eigenvalue weighted by Gasteiger charge is -2.29. The average Bonchev–Trinajstić information content (AvgIpc) is 2.87. The van der Waals surface area contributed by atoms with Crippen molar-refractivity contribution in [3.05, 3.63) is 0 Å². The molecule has 0 rings (SSSR count). The highest BCUT2D eigenvalue weighted by atomic mass is 31.2. The van der Waals surface area contributed by atoms with Crippen LogP contribution >= 0.6 is 7.60 Å². The number of imide groups is 1. The van der Waals surface area contributed by atoms with Gasteiger partial charge in [0.2, 0.25) is 5.91 Å². The summed E-state index contributed by atoms with van der Waals surface area (Å²) in [5.74, 6) is -1.19. The van der Waals surface area contributed by atoms with Gasteiger partial charge >= 0.3 is 6.03 Å². The molecule has 0 aromatic carbocycles. The van der Waals surface area contributed by atoms with E-state index in [-0.39, 0.29) is 25.8 Å². The van der Waals surface area contributed by atoms with Gasteiger partial charge in [-0.15, -0.1) is 0 Å². The number of likely N-dealkylation sites (N-methyl/N-ethyl adjacent to an activating group) is 1. The van der Waals surface area contributed by atoms with Crippen LogP contribution < -0.4 is 10.2 Å². The van der Waals surface area contributed by atoms with E-state index in [2.05, 4.69) is 12.2 Å². The molecule has 0 heterocycles. The van der Waals surface area contributed by atoms with Crippen molar-refractivity contribution < 1.29 is 32.8 Å². The van der Waals surface area contributed by atoms with Gasteiger partial charge in [0.05, 0.1) is 33.7 Å². The smallest absolute Gasteiger partial charge is 0.323 e. The molecule has 39 heavy (non-hydrogen) atoms. The van der Waals surface area contributed by atoms with Crippen LogP contribution in [-0.2, 0) is 18.6 Å². The van der Waals surface area contributed by atoms with Gasteiger partial charge in [-0.05, 0) is 12.8 Å². The molecular formula is C29H60N3O6P. The Bertz CT molecular complexity index is 686. The number of hydrogen-bond donors (Lipinski definition) is 1. The molecule has 0 fully saturated rings. The minimum Gasteiger partial charge on any atom is -0.778 e. The fourth-order valence-corrected chi connectivity index (χ4v) is 5.39. The summed E-state index contributed by atoms with van der Waals surface area (Å²) in [4.78, 5) is 38.1. The maximum Gasteiger partial charge on any atom is 0.323 e. The number of rotatable bonds is 25. The van der Waals surface area contributed by atoms with Crippen LogP contribution in [0.4, 0.5) is 4.79 Å². The van der Waals surface area contributed by atoms with E-state index >= 15 is 0 Å². The summed E-state index contributed by atoms with van der Waals surface area (Å²) in [6.07, 6.45) is 17.7. The summed E-state index contributed by atoms with van der Waals surface area (Å²) in [5.41, 5.74) is 0. The first-order chi connectivity index (χ1) is 18.4. The van der Waals surface area contributed by atoms with Crippen LogP contribution in [0.3, 0.4) is 0 Å². The molecule has 0 aliphatic rings. The van der Waals surface area contributed by atoms with Crippen LogP contribution in [0.5, 0.6) is 0 Å². The first kappa shape index (κ1) is 38.0. The van der Waals surface area contributed by atoms with Gasteiger partial charge in [0.15, 0.2) is 0 Å². The predicted octanol–water partition coefficient (Wildman–Crippen LogP) is 5.56. The topological polar surface area (TPSA) is 108 Å². The van der Waals surface area contributed by atoms with E-state index in [4.69, 9.17) is 9.26 Å². The molecule has 0 aromatic heterocycles. The van der Waals surface area contributed by atoms with Gasteiger partial charge in [-0.25, -0.2) is 4.79 Å². The number of nitrogens with one attached hydrogen (secondary N) is 1. The Morgan fingerprint density at radius 1 is 0.872 bits per heavy atom. The number of unbranched alkanes of at least 4 members (excludes halogenated alkanes) is 13. The number of nitrogens with zero attached hydrogens (tertiary/aromatic N) is 2. The Balaban J connectivity index is 4.24. The van der Waals surface area contributed by atoms with Crippen LogP contribution in [0.2, 0.25) is 0 Å². The van der Waals surface area contributed by atoms with E-state index in [0.717, 1.165) is 17.7 Å². The molecule has 10 heteroatoms. The third-order valence-electron chi connectivity index (χ3n) is 6.96. The van der Waals surface area contributed by atoms with Crippen LogP contribution in [0.1, 0.15) is 103 Å². The van der Waals surface area contributed by atoms with E-state index in [1.54, 1.807) is 0 Å². The lowest BCUT2D eigenvalue weighted by molar-refractivity contribution is -0.870. The number of carbonyl (C=O) groups is 2. The Hall–Kier alpha value is -0.990. The summed E-state index contributed by atoms with van der Waals surface area (Å²) in [5, 5.41) is 2.42. The van der Waals surface area contributed by atoms with Gasteiger partial charge in [0, 0.05) is 26.9 Å². The average molecular weight is 578 g/mol. The molecule has 0 saturated heterocycles. The molecule has 0 spiro atoms. The fourth-order valence-electron chi connectivity index (χ4n) is 4.28. The molecule has 3 amide bonds. The van der Waals surface area contributed by atoms with Gasteiger partial charge in [-0.1, -0.05) is 90.4 Å². The number of urea groups is 1. The van der Waals surface area contributed by atoms with Crippen molar-refractivity contribution in [1.82, 2.24) is 10.2 Å². The second-order valence-corrected chi connectivity index (χ2v) is 13.7. The van der Waals surface area contributed by atoms with Crippen LogP contribution in [-0.4, -0.2) is 89.1 Å². The highest BCUT2D eigenvalue weighted by Gasteiger charge is 2.27. The number of hydrogen-bond acceptors (Lipinski definition) is 6. The zero-order chi connectivity index (χ0) is 29.6. The lowest BCUT2D eigenvalue weighted by atomic mass is 10.0. The van der Waals surface area contributed by atoms with E-state index in [9.17, 15) is 19.0 Å². The van der Waals surface area contributed by atoms with Gasteiger partial charge in [-0.3, -0.25) is 9.69 Å². The Labute approximate surface area is 239 Å². The third kappa shape index (κ3) is 22.4. The van der Waals surface area contributed by atoms with E-state index in [1.807, 2.05) is 21.1 Å². The van der Waals surface area contributed by atoms with Crippen molar-refractivity contribution in [3.63, 3.8) is 0 Å². The number of ether oxygens (including phenoxy) is 1. The van der Waals surface area contributed by atoms with Crippen LogP contribution in [0.25, 0.3) is 0 Å². The van der Waals surface area contributed by atoms with Crippen LogP contribution in [0, 0.1) is 5.92 Å². The number of quaternary nitrogens is 1. The van der Waals surface area contributed by atoms with Crippen LogP contribution in [0.15, 0.2) is 0 Å². The van der Waals surface area contributed by atoms with Crippen molar-refractivity contribution in [2.24, 2.45) is 5.92 Å². The normalized spacial score (nSPS) is 14.1. The zero-order valence-electron chi connectivity index (χ0n) is 26.0. The van der Waals surface area contributed by atoms with Crippen molar-refractivity contribution in [2.45, 2.75) is 103 Å². The summed E-state index contributed by atoms with van der Waals surface area (Å²) < 4.78 is 23.9. The van der Waals surface area contributed by atoms with Crippen molar-refractivity contribution in [2.75, 3.05) is 67.8 Å². The minimum atomic E-state index is -4.10. The van der Waals surface area contributed by atoms with Crippen molar-refractivity contribution in [3.8, 4) is 0 Å². The summed E-state index contributed by atoms with van der Waals surface area (Å²) in [6, 6.07) is -0.540. The molecule has 1 N–H and O–H groups in total. The second-order valence-electron chi connectivity index (χ2n) is 11.8. The minimum absolute atomic E-state index is 0.0457. The highest BCUT2D eigenvalue weighted by molar-refractivity contribution is 7.51. The molecule has 0 radical (unpaired) electrons. The Morgan fingerprint density at radius 2 is 1.36 bits per heavy atom. The quantitative estimate of drug-likeness (QED) is 0.0864. The van der Waals surface area contributed by atoms with Crippen molar-refractivity contribution >= 4 is 19.5 Å². The van der Waals surface area contributed by atoms with Gasteiger partial charge in [0.1, 0.15) is 20.7 Å². The molecule has 0 aliphatic carbocycles. The van der Waals surface area contributed by atoms with Crippen molar-refractivity contribution in [1.29, 1.82) is 0 Å². The summed E-state index contributed by atoms with van der Waals surface area (Å²) >= 11 is 0. The van der Waals surface area contributed by atoms with E-state index in [1.165, 1.54) is 91.1 Å². The second kappa shape index (κ2) is 22.7. The molecule has 0 saturated carbocycles. The molecular weight excluding hydrogens is 517 g/mol. The third-order valence-corrected chi connectivity index (χ3v) is 8.34. The number of amides is 3. The monoisotopic (exact) mass is 577 g/mol. The molecule has 232 valence electrons. The fraction of sp³-hybridized carbons (Fsp3) is 0.931. The Morgan fingerprint density at radius 3 is 1.82 bits per heavy atom. The van der Waals surface area contributed by atoms with E-state index < -0.39 is 25.5 Å². The maximum absolute atomic E-state index is 12.8. The lowest BCUT2D eigenvalue weighted by Crippen LogP contribution is -2.44. The maximum atomic E-state index is 12.8. The van der Waals surface area contributed by atoms with E-state index in [0.29, 0.717) is 17.6 Å². The largest absolute Gasteiger partial charge is 0.778 e. The molecule has 2 atom stereocenters. The SMILES string of the molecule is CCCCCCCCCCCCCCCCOC[C@H](CCP(=O)([O-])OCC[N+](C)(C)C)C(=O)N(C)C(=O)NC. The molecule has 0 aromatic rings. The summed E-state index contributed by atoms with van der Waals surface area (Å²) in [6.45, 7) is 3.50. The molecule has 9 nitrogen and oxygen atoms in total. The molecule has 0 bridgehead atoms. The predicted molar refractivity (Wildman–Crippen MR) is 158 cm³/mol.